The van der Waals surface area contributed by atoms with Crippen molar-refractivity contribution in [1.82, 2.24) is 5.32 Å². The zero-order valence-electron chi connectivity index (χ0n) is 12.6. The van der Waals surface area contributed by atoms with Gasteiger partial charge in [-0.25, -0.2) is 4.39 Å². The van der Waals surface area contributed by atoms with Gasteiger partial charge in [0.2, 0.25) is 11.8 Å². The molecule has 2 N–H and O–H groups in total. The highest BCUT2D eigenvalue weighted by Crippen LogP contribution is 2.23. The van der Waals surface area contributed by atoms with Gasteiger partial charge in [-0.05, 0) is 41.3 Å². The number of nitrogens with one attached hydrogen (secondary N) is 2. The lowest BCUT2D eigenvalue weighted by molar-refractivity contribution is -0.120. The number of fused-ring (bicyclic) bond motifs is 1. The molecule has 1 heterocycles. The average Bonchev–Trinajstić information content (AvgIpc) is 2.89. The molecule has 2 aromatic carbocycles. The van der Waals surface area contributed by atoms with Gasteiger partial charge in [-0.1, -0.05) is 24.3 Å². The number of benzene rings is 2. The summed E-state index contributed by atoms with van der Waals surface area (Å²) in [7, 11) is 0. The summed E-state index contributed by atoms with van der Waals surface area (Å²) in [5.41, 5.74) is 3.75. The van der Waals surface area contributed by atoms with Crippen molar-refractivity contribution in [2.24, 2.45) is 0 Å². The minimum Gasteiger partial charge on any atom is -0.355 e. The molecule has 0 bridgehead atoms. The van der Waals surface area contributed by atoms with Crippen molar-refractivity contribution in [2.45, 2.75) is 19.3 Å². The number of hydrogen-bond acceptors (Lipinski definition) is 2. The standard InChI is InChI=1S/C18H17FN2O2/c19-15-4-1-12(2-5-15)10-17(22)20-8-7-13-3-6-16-14(9-13)11-18(23)21-16/h1-6,9H,7-8,10-11H2,(H,20,22)(H,21,23). The lowest BCUT2D eigenvalue weighted by Gasteiger charge is -2.07. The lowest BCUT2D eigenvalue weighted by atomic mass is 10.1. The molecule has 0 atom stereocenters. The molecule has 4 nitrogen and oxygen atoms in total. The highest BCUT2D eigenvalue weighted by molar-refractivity contribution is 5.99. The fraction of sp³-hybridized carbons (Fsp3) is 0.222. The highest BCUT2D eigenvalue weighted by atomic mass is 19.1. The molecule has 0 fully saturated rings. The van der Waals surface area contributed by atoms with Crippen LogP contribution in [-0.2, 0) is 28.9 Å². The van der Waals surface area contributed by atoms with E-state index in [9.17, 15) is 14.0 Å². The Morgan fingerprint density at radius 2 is 1.87 bits per heavy atom. The quantitative estimate of drug-likeness (QED) is 0.889. The Balaban J connectivity index is 1.48. The maximum atomic E-state index is 12.8. The molecule has 0 aromatic heterocycles. The molecule has 118 valence electrons. The maximum Gasteiger partial charge on any atom is 0.228 e. The first-order valence-corrected chi connectivity index (χ1v) is 7.53. The number of rotatable bonds is 5. The van der Waals surface area contributed by atoms with Gasteiger partial charge in [0.15, 0.2) is 0 Å². The monoisotopic (exact) mass is 312 g/mol. The van der Waals surface area contributed by atoms with Crippen molar-refractivity contribution >= 4 is 17.5 Å². The van der Waals surface area contributed by atoms with E-state index in [1.165, 1.54) is 12.1 Å². The van der Waals surface area contributed by atoms with Crippen LogP contribution in [0.3, 0.4) is 0 Å². The van der Waals surface area contributed by atoms with E-state index in [0.717, 1.165) is 22.4 Å². The summed E-state index contributed by atoms with van der Waals surface area (Å²) < 4.78 is 12.8. The number of amides is 2. The second-order valence-corrected chi connectivity index (χ2v) is 5.62. The van der Waals surface area contributed by atoms with Crippen LogP contribution in [0, 0.1) is 5.82 Å². The largest absolute Gasteiger partial charge is 0.355 e. The van der Waals surface area contributed by atoms with Crippen molar-refractivity contribution in [3.05, 3.63) is 65.0 Å². The van der Waals surface area contributed by atoms with Gasteiger partial charge in [0, 0.05) is 12.2 Å². The van der Waals surface area contributed by atoms with E-state index in [4.69, 9.17) is 0 Å². The molecule has 1 aliphatic heterocycles. The van der Waals surface area contributed by atoms with Crippen LogP contribution >= 0.6 is 0 Å². The molecule has 0 radical (unpaired) electrons. The Bertz CT molecular complexity index is 741. The van der Waals surface area contributed by atoms with E-state index in [1.54, 1.807) is 12.1 Å². The number of carbonyl (C=O) groups excluding carboxylic acids is 2. The average molecular weight is 312 g/mol. The fourth-order valence-corrected chi connectivity index (χ4v) is 2.63. The van der Waals surface area contributed by atoms with Crippen LogP contribution in [-0.4, -0.2) is 18.4 Å². The van der Waals surface area contributed by atoms with Crippen molar-refractivity contribution < 1.29 is 14.0 Å². The minimum atomic E-state index is -0.307. The van der Waals surface area contributed by atoms with Crippen LogP contribution in [0.1, 0.15) is 16.7 Å². The molecule has 2 amide bonds. The van der Waals surface area contributed by atoms with Crippen molar-refractivity contribution in [3.8, 4) is 0 Å². The molecule has 5 heteroatoms. The van der Waals surface area contributed by atoms with Crippen LogP contribution in [0.4, 0.5) is 10.1 Å². The lowest BCUT2D eigenvalue weighted by Crippen LogP contribution is -2.27. The first kappa shape index (κ1) is 15.2. The first-order valence-electron chi connectivity index (χ1n) is 7.53. The molecular weight excluding hydrogens is 295 g/mol. The Morgan fingerprint density at radius 1 is 1.13 bits per heavy atom. The van der Waals surface area contributed by atoms with Gasteiger partial charge < -0.3 is 10.6 Å². The van der Waals surface area contributed by atoms with E-state index >= 15 is 0 Å². The minimum absolute atomic E-state index is 0.0183. The highest BCUT2D eigenvalue weighted by Gasteiger charge is 2.17. The Labute approximate surface area is 133 Å². The van der Waals surface area contributed by atoms with Crippen molar-refractivity contribution in [3.63, 3.8) is 0 Å². The topological polar surface area (TPSA) is 58.2 Å². The smallest absolute Gasteiger partial charge is 0.228 e. The van der Waals surface area contributed by atoms with Crippen LogP contribution < -0.4 is 10.6 Å². The predicted molar refractivity (Wildman–Crippen MR) is 85.6 cm³/mol. The molecule has 0 spiro atoms. The first-order chi connectivity index (χ1) is 11.1. The summed E-state index contributed by atoms with van der Waals surface area (Å²) in [5.74, 6) is -0.377. The van der Waals surface area contributed by atoms with E-state index in [2.05, 4.69) is 10.6 Å². The van der Waals surface area contributed by atoms with E-state index < -0.39 is 0 Å². The van der Waals surface area contributed by atoms with Gasteiger partial charge >= 0.3 is 0 Å². The predicted octanol–water partition coefficient (Wildman–Crippen LogP) is 2.22. The fourth-order valence-electron chi connectivity index (χ4n) is 2.63. The Hall–Kier alpha value is -2.69. The van der Waals surface area contributed by atoms with Crippen LogP contribution in [0.2, 0.25) is 0 Å². The Kier molecular flexibility index (Phi) is 4.37. The van der Waals surface area contributed by atoms with Crippen LogP contribution in [0.15, 0.2) is 42.5 Å². The molecule has 2 aromatic rings. The number of carbonyl (C=O) groups is 2. The second kappa shape index (κ2) is 6.60. The van der Waals surface area contributed by atoms with Gasteiger partial charge in [0.05, 0.1) is 12.8 Å². The zero-order chi connectivity index (χ0) is 16.2. The summed E-state index contributed by atoms with van der Waals surface area (Å²) in [4.78, 5) is 23.2. The van der Waals surface area contributed by atoms with Crippen LogP contribution in [0.5, 0.6) is 0 Å². The van der Waals surface area contributed by atoms with Crippen LogP contribution in [0.25, 0.3) is 0 Å². The second-order valence-electron chi connectivity index (χ2n) is 5.62. The molecular formula is C18H17FN2O2. The molecule has 23 heavy (non-hydrogen) atoms. The number of halogens is 1. The third-order valence-electron chi connectivity index (χ3n) is 3.81. The van der Waals surface area contributed by atoms with Crippen molar-refractivity contribution in [1.29, 1.82) is 0 Å². The molecule has 0 saturated heterocycles. The maximum absolute atomic E-state index is 12.8. The van der Waals surface area contributed by atoms with E-state index in [0.29, 0.717) is 19.4 Å². The van der Waals surface area contributed by atoms with Gasteiger partial charge in [0.25, 0.3) is 0 Å². The van der Waals surface area contributed by atoms with Gasteiger partial charge in [-0.2, -0.15) is 0 Å². The van der Waals surface area contributed by atoms with Crippen molar-refractivity contribution in [2.75, 3.05) is 11.9 Å². The third kappa shape index (κ3) is 3.94. The summed E-state index contributed by atoms with van der Waals surface area (Å²) in [5, 5.41) is 5.65. The summed E-state index contributed by atoms with van der Waals surface area (Å²) >= 11 is 0. The molecule has 0 aliphatic carbocycles. The van der Waals surface area contributed by atoms with E-state index in [-0.39, 0.29) is 24.1 Å². The third-order valence-corrected chi connectivity index (χ3v) is 3.81. The van der Waals surface area contributed by atoms with E-state index in [1.807, 2.05) is 18.2 Å². The molecule has 1 aliphatic rings. The Morgan fingerprint density at radius 3 is 2.65 bits per heavy atom. The summed E-state index contributed by atoms with van der Waals surface area (Å²) in [6.45, 7) is 0.528. The summed E-state index contributed by atoms with van der Waals surface area (Å²) in [6.07, 6.45) is 1.36. The number of anilines is 1. The molecule has 0 saturated carbocycles. The molecule has 0 unspecified atom stereocenters. The van der Waals surface area contributed by atoms with Gasteiger partial charge in [-0.15, -0.1) is 0 Å². The molecule has 3 rings (SSSR count). The van der Waals surface area contributed by atoms with Gasteiger partial charge in [-0.3, -0.25) is 9.59 Å². The van der Waals surface area contributed by atoms with Gasteiger partial charge in [0.1, 0.15) is 5.82 Å². The normalized spacial score (nSPS) is 12.7. The zero-order valence-corrected chi connectivity index (χ0v) is 12.6. The number of hydrogen-bond donors (Lipinski definition) is 2. The summed E-state index contributed by atoms with van der Waals surface area (Å²) in [6, 6.07) is 11.8. The SMILES string of the molecule is O=C(Cc1ccc(F)cc1)NCCc1ccc2c(c1)CC(=O)N2.